The molecule has 0 fully saturated rings. The van der Waals surface area contributed by atoms with Crippen LogP contribution in [0.5, 0.6) is 5.75 Å². The minimum absolute atomic E-state index is 0.0891. The monoisotopic (exact) mass is 911 g/mol. The third-order valence-electron chi connectivity index (χ3n) is 14.2. The number of rotatable bonds is 8. The number of furan rings is 1. The molecule has 8 aromatic carbocycles. The number of phenols is 1. The van der Waals surface area contributed by atoms with Gasteiger partial charge in [-0.3, -0.25) is 9.55 Å². The molecule has 0 aliphatic heterocycles. The summed E-state index contributed by atoms with van der Waals surface area (Å²) in [5.74, 6) is 0.741. The Morgan fingerprint density at radius 3 is 1.86 bits per heavy atom. The molecule has 11 rings (SSSR count). The van der Waals surface area contributed by atoms with Crippen molar-refractivity contribution in [2.24, 2.45) is 0 Å². The van der Waals surface area contributed by atoms with E-state index in [2.05, 4.69) is 212 Å². The van der Waals surface area contributed by atoms with Crippen LogP contribution >= 0.6 is 0 Å². The summed E-state index contributed by atoms with van der Waals surface area (Å²) in [5.41, 5.74) is 17.6. The lowest BCUT2D eigenvalue weighted by atomic mass is 9.78. The molecule has 5 nitrogen and oxygen atoms in total. The first-order chi connectivity index (χ1) is 33.6. The summed E-state index contributed by atoms with van der Waals surface area (Å²) in [7, 11) is 0. The van der Waals surface area contributed by atoms with E-state index in [1.54, 1.807) is 0 Å². The van der Waals surface area contributed by atoms with Crippen LogP contribution in [0.2, 0.25) is 0 Å². The Morgan fingerprint density at radius 2 is 1.11 bits per heavy atom. The molecule has 70 heavy (non-hydrogen) atoms. The summed E-state index contributed by atoms with van der Waals surface area (Å²) >= 11 is 0. The van der Waals surface area contributed by atoms with Gasteiger partial charge in [-0.1, -0.05) is 183 Å². The lowest BCUT2D eigenvalue weighted by Gasteiger charge is -2.26. The van der Waals surface area contributed by atoms with Gasteiger partial charge in [0.05, 0.1) is 28.0 Å². The number of hydrogen-bond donors (Lipinski definition) is 1. The van der Waals surface area contributed by atoms with E-state index in [1.807, 2.05) is 42.6 Å². The average molecular weight is 912 g/mol. The Kier molecular flexibility index (Phi) is 10.7. The molecule has 0 unspecified atom stereocenters. The molecule has 344 valence electrons. The molecule has 0 saturated carbocycles. The Balaban J connectivity index is 1.10. The second kappa shape index (κ2) is 16.9. The van der Waals surface area contributed by atoms with E-state index in [4.69, 9.17) is 14.4 Å². The summed E-state index contributed by atoms with van der Waals surface area (Å²) in [4.78, 5) is 10.6. The largest absolute Gasteiger partial charge is 0.507 e. The normalized spacial score (nSPS) is 12.3. The van der Waals surface area contributed by atoms with E-state index in [0.717, 1.165) is 77.7 Å². The molecule has 0 aliphatic carbocycles. The standard InChI is InChI=1S/C65H57N3O2/c1-63(2,3)48-30-31-56(52(38-48)42-18-11-9-12-19-42)68-57-24-17-23-50(61(57)67-62(68)54-40-60-53(39-58(54)69)51-22-15-16-25-59(51)70-60)44-34-45(36-49(35-44)64(4,5)6)55-37-43(32-33-66-55)41-26-28-47(29-27-41)65(7,8)46-20-13-10-14-21-46/h9-40,69H,1-8H3. The molecule has 0 radical (unpaired) electrons. The predicted molar refractivity (Wildman–Crippen MR) is 291 cm³/mol. The van der Waals surface area contributed by atoms with Crippen LogP contribution in [0, 0.1) is 0 Å². The van der Waals surface area contributed by atoms with E-state index in [-0.39, 0.29) is 22.0 Å². The summed E-state index contributed by atoms with van der Waals surface area (Å²) in [6, 6.07) is 66.3. The number of pyridine rings is 1. The average Bonchev–Trinajstić information content (AvgIpc) is 3.94. The zero-order chi connectivity index (χ0) is 48.5. The maximum atomic E-state index is 12.1. The van der Waals surface area contributed by atoms with Gasteiger partial charge in [0.1, 0.15) is 22.7 Å². The van der Waals surface area contributed by atoms with Gasteiger partial charge in [-0.2, -0.15) is 0 Å². The molecular weight excluding hydrogens is 855 g/mol. The highest BCUT2D eigenvalue weighted by molar-refractivity contribution is 6.07. The SMILES string of the molecule is CC(C)(C)c1cc(-c2cc(-c3ccc(C(C)(C)c4ccccc4)cc3)ccn2)cc(-c2cccc3c2nc(-c2cc4oc5ccccc5c4cc2O)n3-c2ccc(C(C)(C)C)cc2-c2ccccc2)c1. The molecule has 0 amide bonds. The minimum Gasteiger partial charge on any atom is -0.507 e. The van der Waals surface area contributed by atoms with Crippen molar-refractivity contribution in [3.63, 3.8) is 0 Å². The maximum absolute atomic E-state index is 12.1. The maximum Gasteiger partial charge on any atom is 0.149 e. The smallest absolute Gasteiger partial charge is 0.149 e. The van der Waals surface area contributed by atoms with Gasteiger partial charge < -0.3 is 9.52 Å². The highest BCUT2D eigenvalue weighted by atomic mass is 16.3. The van der Waals surface area contributed by atoms with Crippen LogP contribution in [0.3, 0.4) is 0 Å². The zero-order valence-corrected chi connectivity index (χ0v) is 41.2. The highest BCUT2D eigenvalue weighted by Crippen LogP contribution is 2.45. The fourth-order valence-electron chi connectivity index (χ4n) is 9.98. The summed E-state index contributed by atoms with van der Waals surface area (Å²) < 4.78 is 8.67. The summed E-state index contributed by atoms with van der Waals surface area (Å²) in [6.07, 6.45) is 1.92. The number of imidazole rings is 1. The molecule has 0 spiro atoms. The molecule has 5 heteroatoms. The Bertz CT molecular complexity index is 3750. The molecule has 3 aromatic heterocycles. The highest BCUT2D eigenvalue weighted by Gasteiger charge is 2.27. The fourth-order valence-corrected chi connectivity index (χ4v) is 9.98. The third-order valence-corrected chi connectivity index (χ3v) is 14.2. The van der Waals surface area contributed by atoms with Crippen molar-refractivity contribution >= 4 is 33.0 Å². The van der Waals surface area contributed by atoms with Crippen LogP contribution in [0.1, 0.15) is 77.6 Å². The Morgan fingerprint density at radius 1 is 0.443 bits per heavy atom. The van der Waals surface area contributed by atoms with Gasteiger partial charge in [-0.25, -0.2) is 4.98 Å². The number of para-hydroxylation sites is 2. The molecule has 0 saturated heterocycles. The van der Waals surface area contributed by atoms with Crippen LogP contribution in [0.25, 0.3) is 94.7 Å². The lowest BCUT2D eigenvalue weighted by Crippen LogP contribution is -2.18. The first-order valence-electron chi connectivity index (χ1n) is 24.3. The number of aromatic hydroxyl groups is 1. The van der Waals surface area contributed by atoms with Crippen molar-refractivity contribution in [2.75, 3.05) is 0 Å². The Labute approximate surface area is 410 Å². The van der Waals surface area contributed by atoms with Crippen molar-refractivity contribution in [2.45, 2.75) is 71.6 Å². The van der Waals surface area contributed by atoms with Crippen molar-refractivity contribution in [1.29, 1.82) is 0 Å². The summed E-state index contributed by atoms with van der Waals surface area (Å²) in [5, 5.41) is 14.0. The fraction of sp³-hybridized carbons (Fsp3) is 0.169. The first-order valence-corrected chi connectivity index (χ1v) is 24.3. The van der Waals surface area contributed by atoms with Gasteiger partial charge in [0.2, 0.25) is 0 Å². The zero-order valence-electron chi connectivity index (χ0n) is 41.2. The molecule has 3 heterocycles. The van der Waals surface area contributed by atoms with Crippen molar-refractivity contribution in [3.8, 4) is 67.5 Å². The molecular formula is C65H57N3O2. The van der Waals surface area contributed by atoms with Crippen LogP contribution in [-0.2, 0) is 16.2 Å². The number of benzene rings is 8. The molecule has 0 bridgehead atoms. The molecule has 0 atom stereocenters. The number of aromatic nitrogens is 3. The van der Waals surface area contributed by atoms with E-state index in [9.17, 15) is 5.11 Å². The first kappa shape index (κ1) is 44.5. The van der Waals surface area contributed by atoms with Gasteiger partial charge in [0.15, 0.2) is 0 Å². The molecule has 1 N–H and O–H groups in total. The lowest BCUT2D eigenvalue weighted by molar-refractivity contribution is 0.477. The van der Waals surface area contributed by atoms with Crippen LogP contribution in [0.15, 0.2) is 199 Å². The minimum atomic E-state index is -0.171. The number of hydrogen-bond acceptors (Lipinski definition) is 4. The van der Waals surface area contributed by atoms with E-state index >= 15 is 0 Å². The van der Waals surface area contributed by atoms with Crippen molar-refractivity contribution in [3.05, 3.63) is 217 Å². The topological polar surface area (TPSA) is 64.1 Å². The van der Waals surface area contributed by atoms with E-state index in [1.165, 1.54) is 22.3 Å². The van der Waals surface area contributed by atoms with Gasteiger partial charge >= 0.3 is 0 Å². The predicted octanol–water partition coefficient (Wildman–Crippen LogP) is 17.3. The van der Waals surface area contributed by atoms with E-state index < -0.39 is 0 Å². The Hall–Kier alpha value is -8.02. The van der Waals surface area contributed by atoms with Crippen molar-refractivity contribution in [1.82, 2.24) is 14.5 Å². The number of phenolic OH excluding ortho intramolecular Hbond substituents is 1. The van der Waals surface area contributed by atoms with Gasteiger partial charge in [0.25, 0.3) is 0 Å². The van der Waals surface area contributed by atoms with Gasteiger partial charge in [-0.15, -0.1) is 0 Å². The van der Waals surface area contributed by atoms with Gasteiger partial charge in [0, 0.05) is 39.1 Å². The van der Waals surface area contributed by atoms with Crippen LogP contribution < -0.4 is 0 Å². The number of fused-ring (bicyclic) bond motifs is 4. The molecule has 11 aromatic rings. The van der Waals surface area contributed by atoms with Crippen molar-refractivity contribution < 1.29 is 9.52 Å². The van der Waals surface area contributed by atoms with Gasteiger partial charge in [-0.05, 0) is 116 Å². The molecule has 0 aliphatic rings. The third kappa shape index (κ3) is 7.95. The quantitative estimate of drug-likeness (QED) is 0.165. The number of nitrogens with zero attached hydrogens (tertiary/aromatic N) is 3. The van der Waals surface area contributed by atoms with Crippen LogP contribution in [0.4, 0.5) is 0 Å². The second-order valence-electron chi connectivity index (χ2n) is 21.3. The van der Waals surface area contributed by atoms with Crippen LogP contribution in [-0.4, -0.2) is 19.6 Å². The second-order valence-corrected chi connectivity index (χ2v) is 21.3. The summed E-state index contributed by atoms with van der Waals surface area (Å²) in [6.45, 7) is 18.1. The van der Waals surface area contributed by atoms with E-state index in [0.29, 0.717) is 17.0 Å².